The van der Waals surface area contributed by atoms with Gasteiger partial charge in [-0.2, -0.15) is 0 Å². The number of nitrogens with one attached hydrogen (secondary N) is 2. The Bertz CT molecular complexity index is 816. The number of carbonyl (C=O) groups excluding carboxylic acids is 2. The fraction of sp³-hybridized carbons (Fsp3) is 0.417. The summed E-state index contributed by atoms with van der Waals surface area (Å²) >= 11 is 1.07. The second-order valence-corrected chi connectivity index (χ2v) is 6.32. The number of hydrogen-bond donors (Lipinski definition) is 4. The molecule has 15 heteroatoms. The van der Waals surface area contributed by atoms with E-state index in [4.69, 9.17) is 10.8 Å². The van der Waals surface area contributed by atoms with E-state index in [1.54, 1.807) is 6.92 Å². The molecule has 2 atom stereocenters. The highest BCUT2D eigenvalue weighted by Gasteiger charge is 2.49. The minimum absolute atomic E-state index is 0.107. The molecule has 5 N–H and O–H groups in total. The molecule has 0 aliphatic carbocycles. The summed E-state index contributed by atoms with van der Waals surface area (Å²) < 4.78 is 0. The molecule has 27 heavy (non-hydrogen) atoms. The quantitative estimate of drug-likeness (QED) is 0.236. The number of carbonyl (C=O) groups is 3. The number of aliphatic carboxylic acids is 1. The molecule has 3 heterocycles. The number of oxime groups is 1. The summed E-state index contributed by atoms with van der Waals surface area (Å²) in [5, 5.41) is 26.4. The smallest absolute Gasteiger partial charge is 0.344 e. The van der Waals surface area contributed by atoms with Crippen molar-refractivity contribution in [1.29, 1.82) is 0 Å². The molecule has 1 fully saturated rings. The lowest BCUT2D eigenvalue weighted by atomic mass is 9.99. The van der Waals surface area contributed by atoms with Crippen LogP contribution in [0.1, 0.15) is 12.6 Å². The standard InChI is InChI=1S/C12H15N9O5S/c1-5-8(11(25)21(5)20-4-14-18-19-20)16-10(24)9(17-26-2-7(22)23)6-3-27-12(13)15-6/h3,5,8H,2,4H2,1H3,(H2,13,15)(H,14,19)(H,16,24)(H,22,23)/b17-9-/t5-,8-/m0/s1. The van der Waals surface area contributed by atoms with Gasteiger partial charge in [-0.15, -0.1) is 16.5 Å². The van der Waals surface area contributed by atoms with Crippen LogP contribution >= 0.6 is 11.3 Å². The molecule has 0 radical (unpaired) electrons. The van der Waals surface area contributed by atoms with Gasteiger partial charge in [0, 0.05) is 5.38 Å². The van der Waals surface area contributed by atoms with Crippen LogP contribution in [0.25, 0.3) is 0 Å². The van der Waals surface area contributed by atoms with E-state index in [0.717, 1.165) is 11.3 Å². The molecule has 144 valence electrons. The fourth-order valence-corrected chi connectivity index (χ4v) is 2.96. The maximum Gasteiger partial charge on any atom is 0.344 e. The predicted octanol–water partition coefficient (Wildman–Crippen LogP) is -1.69. The molecule has 0 bridgehead atoms. The number of hydrazine groups is 2. The molecule has 1 aromatic heterocycles. The van der Waals surface area contributed by atoms with Crippen molar-refractivity contribution in [2.75, 3.05) is 19.0 Å². The van der Waals surface area contributed by atoms with Crippen LogP contribution in [0.3, 0.4) is 0 Å². The second-order valence-electron chi connectivity index (χ2n) is 5.43. The Morgan fingerprint density at radius 3 is 2.93 bits per heavy atom. The van der Waals surface area contributed by atoms with E-state index < -0.39 is 24.5 Å². The first kappa shape index (κ1) is 18.5. The summed E-state index contributed by atoms with van der Waals surface area (Å²) in [4.78, 5) is 44.0. The van der Waals surface area contributed by atoms with Crippen LogP contribution in [0.2, 0.25) is 0 Å². The second kappa shape index (κ2) is 7.50. The predicted molar refractivity (Wildman–Crippen MR) is 89.6 cm³/mol. The van der Waals surface area contributed by atoms with E-state index >= 15 is 0 Å². The molecular formula is C12H15N9O5S. The first-order chi connectivity index (χ1) is 12.9. The average molecular weight is 397 g/mol. The number of amides is 2. The first-order valence-electron chi connectivity index (χ1n) is 7.55. The average Bonchev–Trinajstić information content (AvgIpc) is 3.28. The number of nitrogens with zero attached hydrogens (tertiary/aromatic N) is 6. The summed E-state index contributed by atoms with van der Waals surface area (Å²) in [6.45, 7) is 1.16. The summed E-state index contributed by atoms with van der Waals surface area (Å²) in [5.74, 6) is -2.39. The number of β-lactam (4-membered cyclic amide) rings is 1. The summed E-state index contributed by atoms with van der Waals surface area (Å²) in [5.41, 5.74) is 7.93. The summed E-state index contributed by atoms with van der Waals surface area (Å²) in [7, 11) is 0. The van der Waals surface area contributed by atoms with Crippen molar-refractivity contribution in [1.82, 2.24) is 26.0 Å². The third-order valence-corrected chi connectivity index (χ3v) is 4.33. The number of rotatable bonds is 7. The van der Waals surface area contributed by atoms with Gasteiger partial charge in [0.25, 0.3) is 11.8 Å². The zero-order valence-corrected chi connectivity index (χ0v) is 14.7. The van der Waals surface area contributed by atoms with Crippen molar-refractivity contribution in [3.05, 3.63) is 11.1 Å². The van der Waals surface area contributed by atoms with Gasteiger partial charge >= 0.3 is 5.97 Å². The SMILES string of the molecule is C[C@H]1[C@H](NC(=O)/C(=N\OCC(=O)O)c2csc(N)n2)C(=O)N1N1CN=NN1. The number of hydrogen-bond acceptors (Lipinski definition) is 12. The van der Waals surface area contributed by atoms with Gasteiger partial charge in [0.1, 0.15) is 11.7 Å². The Hall–Kier alpha value is -3.33. The first-order valence-corrected chi connectivity index (χ1v) is 8.43. The van der Waals surface area contributed by atoms with Gasteiger partial charge in [-0.3, -0.25) is 9.59 Å². The number of carboxylic acid groups (broad SMARTS) is 1. The van der Waals surface area contributed by atoms with Crippen molar-refractivity contribution in [3.63, 3.8) is 0 Å². The molecule has 2 amide bonds. The van der Waals surface area contributed by atoms with E-state index in [1.807, 2.05) is 0 Å². The van der Waals surface area contributed by atoms with Gasteiger partial charge in [-0.05, 0) is 6.92 Å². The molecule has 0 unspecified atom stereocenters. The number of nitrogens with two attached hydrogens (primary N) is 1. The summed E-state index contributed by atoms with van der Waals surface area (Å²) in [6, 6.07) is -1.19. The highest BCUT2D eigenvalue weighted by molar-refractivity contribution is 7.13. The topological polar surface area (TPSA) is 187 Å². The molecule has 2 aliphatic heterocycles. The van der Waals surface area contributed by atoms with Crippen molar-refractivity contribution in [2.24, 2.45) is 15.5 Å². The zero-order chi connectivity index (χ0) is 19.6. The summed E-state index contributed by atoms with van der Waals surface area (Å²) in [6.07, 6.45) is 0. The van der Waals surface area contributed by atoms with Gasteiger partial charge in [0.15, 0.2) is 17.5 Å². The molecule has 14 nitrogen and oxygen atoms in total. The number of aromatic nitrogens is 1. The van der Waals surface area contributed by atoms with E-state index in [2.05, 4.69) is 36.2 Å². The van der Waals surface area contributed by atoms with Gasteiger partial charge in [-0.25, -0.2) is 20.3 Å². The maximum atomic E-state index is 12.6. The van der Waals surface area contributed by atoms with Crippen LogP contribution in [-0.2, 0) is 19.2 Å². The Kier molecular flexibility index (Phi) is 5.13. The van der Waals surface area contributed by atoms with Crippen LogP contribution in [0.5, 0.6) is 0 Å². The van der Waals surface area contributed by atoms with E-state index in [0.29, 0.717) is 0 Å². The molecule has 2 aliphatic rings. The largest absolute Gasteiger partial charge is 0.479 e. The normalized spacial score (nSPS) is 22.3. The van der Waals surface area contributed by atoms with Crippen molar-refractivity contribution < 1.29 is 24.3 Å². The Balaban J connectivity index is 1.69. The van der Waals surface area contributed by atoms with Crippen LogP contribution in [0.15, 0.2) is 20.9 Å². The third kappa shape index (κ3) is 3.77. The van der Waals surface area contributed by atoms with E-state index in [-0.39, 0.29) is 35.2 Å². The Morgan fingerprint density at radius 1 is 1.59 bits per heavy atom. The lowest BCUT2D eigenvalue weighted by Crippen LogP contribution is -2.75. The Morgan fingerprint density at radius 2 is 2.37 bits per heavy atom. The fourth-order valence-electron chi connectivity index (χ4n) is 2.42. The van der Waals surface area contributed by atoms with E-state index in [1.165, 1.54) is 15.5 Å². The van der Waals surface area contributed by atoms with Crippen molar-refractivity contribution in [3.8, 4) is 0 Å². The number of thiazole rings is 1. The zero-order valence-electron chi connectivity index (χ0n) is 13.9. The number of nitrogen functional groups attached to an aromatic ring is 1. The lowest BCUT2D eigenvalue weighted by molar-refractivity contribution is -0.188. The molecular weight excluding hydrogens is 382 g/mol. The van der Waals surface area contributed by atoms with Crippen LogP contribution in [-0.4, -0.2) is 69.1 Å². The van der Waals surface area contributed by atoms with E-state index in [9.17, 15) is 14.4 Å². The monoisotopic (exact) mass is 397 g/mol. The molecule has 1 aromatic rings. The lowest BCUT2D eigenvalue weighted by Gasteiger charge is -2.47. The molecule has 0 spiro atoms. The Labute approximate surface area is 155 Å². The van der Waals surface area contributed by atoms with Gasteiger partial charge < -0.3 is 21.0 Å². The molecule has 0 aromatic carbocycles. The van der Waals surface area contributed by atoms with Crippen molar-refractivity contribution >= 4 is 40.0 Å². The minimum atomic E-state index is -1.26. The number of carboxylic acids is 1. The highest BCUT2D eigenvalue weighted by Crippen LogP contribution is 2.22. The van der Waals surface area contributed by atoms with Crippen LogP contribution in [0, 0.1) is 0 Å². The number of anilines is 1. The van der Waals surface area contributed by atoms with Gasteiger partial charge in [0.2, 0.25) is 6.61 Å². The maximum absolute atomic E-state index is 12.6. The van der Waals surface area contributed by atoms with Crippen LogP contribution in [0.4, 0.5) is 5.13 Å². The molecule has 0 saturated carbocycles. The highest BCUT2D eigenvalue weighted by atomic mass is 32.1. The van der Waals surface area contributed by atoms with Crippen LogP contribution < -0.4 is 16.6 Å². The van der Waals surface area contributed by atoms with Crippen molar-refractivity contribution in [2.45, 2.75) is 19.0 Å². The third-order valence-electron chi connectivity index (χ3n) is 3.66. The van der Waals surface area contributed by atoms with Gasteiger partial charge in [0.05, 0.1) is 6.04 Å². The molecule has 3 rings (SSSR count). The van der Waals surface area contributed by atoms with Gasteiger partial charge in [-0.1, -0.05) is 15.5 Å². The molecule has 1 saturated heterocycles. The minimum Gasteiger partial charge on any atom is -0.479 e.